The van der Waals surface area contributed by atoms with Gasteiger partial charge in [0.05, 0.1) is 31.8 Å². The Hall–Kier alpha value is -2.54. The molecule has 7 heteroatoms. The summed E-state index contributed by atoms with van der Waals surface area (Å²) in [5.74, 6) is 1.77. The molecular weight excluding hydrogens is 450 g/mol. The molecule has 2 aromatic carbocycles. The number of aliphatic hydroxyl groups is 1. The van der Waals surface area contributed by atoms with Crippen LogP contribution >= 0.6 is 11.6 Å². The Bertz CT molecular complexity index is 1070. The summed E-state index contributed by atoms with van der Waals surface area (Å²) in [5.41, 5.74) is 5.29. The van der Waals surface area contributed by atoms with E-state index in [1.165, 1.54) is 0 Å². The number of nitrogens with one attached hydrogen (secondary N) is 1. The lowest BCUT2D eigenvalue weighted by Crippen LogP contribution is -2.35. The van der Waals surface area contributed by atoms with Crippen LogP contribution in [-0.4, -0.2) is 47.1 Å². The molecule has 0 bridgehead atoms. The molecule has 0 spiro atoms. The summed E-state index contributed by atoms with van der Waals surface area (Å²) in [6.45, 7) is 9.94. The van der Waals surface area contributed by atoms with Gasteiger partial charge in [0.1, 0.15) is 16.7 Å². The van der Waals surface area contributed by atoms with Crippen molar-refractivity contribution in [3.05, 3.63) is 71.6 Å². The van der Waals surface area contributed by atoms with Gasteiger partial charge in [-0.05, 0) is 74.5 Å². The maximum atomic E-state index is 9.70. The van der Waals surface area contributed by atoms with Crippen LogP contribution < -0.4 is 14.8 Å². The second-order valence-electron chi connectivity index (χ2n) is 8.39. The van der Waals surface area contributed by atoms with Crippen LogP contribution in [-0.2, 0) is 13.5 Å². The van der Waals surface area contributed by atoms with Crippen LogP contribution in [0.15, 0.2) is 42.7 Å². The number of imidazole rings is 1. The van der Waals surface area contributed by atoms with Crippen molar-refractivity contribution in [2.75, 3.05) is 26.4 Å². The van der Waals surface area contributed by atoms with Crippen LogP contribution in [0.25, 0.3) is 11.1 Å². The molecule has 0 unspecified atom stereocenters. The second kappa shape index (κ2) is 12.8. The third-order valence-corrected chi connectivity index (χ3v) is 6.35. The molecule has 2 N–H and O–H groups in total. The van der Waals surface area contributed by atoms with E-state index in [9.17, 15) is 5.11 Å². The van der Waals surface area contributed by atoms with Crippen molar-refractivity contribution in [1.82, 2.24) is 14.9 Å². The molecule has 0 saturated heterocycles. The summed E-state index contributed by atoms with van der Waals surface area (Å²) in [5, 5.41) is 13.7. The zero-order chi connectivity index (χ0) is 24.5. The average molecular weight is 485 g/mol. The largest absolute Gasteiger partial charge is 0.493 e. The number of hydrogen-bond donors (Lipinski definition) is 2. The first kappa shape index (κ1) is 26.1. The molecule has 0 amide bonds. The molecule has 1 radical (unpaired) electrons. The predicted molar refractivity (Wildman–Crippen MR) is 138 cm³/mol. The minimum Gasteiger partial charge on any atom is -0.493 e. The third kappa shape index (κ3) is 6.53. The summed E-state index contributed by atoms with van der Waals surface area (Å²) >= 11 is 6.24. The van der Waals surface area contributed by atoms with E-state index in [-0.39, 0.29) is 12.6 Å². The van der Waals surface area contributed by atoms with Crippen LogP contribution in [0, 0.1) is 20.8 Å². The molecule has 0 fully saturated rings. The number of aromatic nitrogens is 2. The maximum absolute atomic E-state index is 9.70. The molecule has 3 aromatic rings. The lowest BCUT2D eigenvalue weighted by Gasteiger charge is -2.17. The number of aliphatic hydroxyl groups excluding tert-OH is 1. The highest BCUT2D eigenvalue weighted by Gasteiger charge is 2.14. The highest BCUT2D eigenvalue weighted by atomic mass is 35.5. The van der Waals surface area contributed by atoms with Gasteiger partial charge in [0.15, 0.2) is 0 Å². The van der Waals surface area contributed by atoms with E-state index >= 15 is 0 Å². The molecule has 3 rings (SSSR count). The molecule has 1 aromatic heterocycles. The number of nitrogens with zero attached hydrogens (tertiary/aromatic N) is 2. The Kier molecular flexibility index (Phi) is 9.81. The minimum absolute atomic E-state index is 0.0197. The van der Waals surface area contributed by atoms with Crippen molar-refractivity contribution in [2.24, 2.45) is 7.05 Å². The van der Waals surface area contributed by atoms with Gasteiger partial charge < -0.3 is 24.5 Å². The molecule has 1 heterocycles. The number of hydrogen-bond acceptors (Lipinski definition) is 5. The molecule has 1 atom stereocenters. The smallest absolute Gasteiger partial charge is 0.131 e. The topological polar surface area (TPSA) is 68.5 Å². The van der Waals surface area contributed by atoms with Gasteiger partial charge in [-0.1, -0.05) is 35.9 Å². The van der Waals surface area contributed by atoms with Crippen molar-refractivity contribution in [3.63, 3.8) is 0 Å². The van der Waals surface area contributed by atoms with E-state index in [1.807, 2.05) is 31.3 Å². The first-order chi connectivity index (χ1) is 16.5. The second-order valence-corrected chi connectivity index (χ2v) is 8.75. The van der Waals surface area contributed by atoms with Gasteiger partial charge in [-0.3, -0.25) is 0 Å². The van der Waals surface area contributed by atoms with E-state index < -0.39 is 0 Å². The minimum atomic E-state index is -0.0987. The number of aryl methyl sites for hydroxylation is 1. The number of benzene rings is 2. The number of halogens is 1. The van der Waals surface area contributed by atoms with Crippen molar-refractivity contribution in [2.45, 2.75) is 39.2 Å². The SMILES string of the molecule is [CH2]CCOc1cccc(-c2cccc(OCCCN[C@@H](CO)Cc3ncn(C)c3Cl)c2C)c1C. The average Bonchev–Trinajstić information content (AvgIpc) is 3.15. The normalized spacial score (nSPS) is 12.1. The fourth-order valence-corrected chi connectivity index (χ4v) is 4.07. The van der Waals surface area contributed by atoms with Crippen LogP contribution in [0.1, 0.15) is 29.7 Å². The highest BCUT2D eigenvalue weighted by molar-refractivity contribution is 6.30. The third-order valence-electron chi connectivity index (χ3n) is 5.87. The van der Waals surface area contributed by atoms with Gasteiger partial charge in [0, 0.05) is 19.5 Å². The lowest BCUT2D eigenvalue weighted by molar-refractivity contribution is 0.235. The maximum Gasteiger partial charge on any atom is 0.131 e. The van der Waals surface area contributed by atoms with E-state index in [4.69, 9.17) is 21.1 Å². The molecule has 0 aliphatic rings. The van der Waals surface area contributed by atoms with Gasteiger partial charge in [0.2, 0.25) is 0 Å². The zero-order valence-electron chi connectivity index (χ0n) is 20.3. The summed E-state index contributed by atoms with van der Waals surface area (Å²) in [7, 11) is 1.85. The first-order valence-corrected chi connectivity index (χ1v) is 12.1. The Balaban J connectivity index is 1.55. The Morgan fingerprint density at radius 1 is 1.06 bits per heavy atom. The molecule has 0 aliphatic carbocycles. The first-order valence-electron chi connectivity index (χ1n) is 11.7. The Labute approximate surface area is 207 Å². The summed E-state index contributed by atoms with van der Waals surface area (Å²) in [6, 6.07) is 12.2. The molecule has 34 heavy (non-hydrogen) atoms. The van der Waals surface area contributed by atoms with Crippen molar-refractivity contribution in [3.8, 4) is 22.6 Å². The van der Waals surface area contributed by atoms with Crippen LogP contribution in [0.4, 0.5) is 0 Å². The van der Waals surface area contributed by atoms with E-state index in [0.29, 0.717) is 24.8 Å². The summed E-state index contributed by atoms with van der Waals surface area (Å²) in [4.78, 5) is 4.30. The van der Waals surface area contributed by atoms with Crippen molar-refractivity contribution < 1.29 is 14.6 Å². The van der Waals surface area contributed by atoms with Gasteiger partial charge in [-0.15, -0.1) is 0 Å². The molecular formula is C27H35ClN3O3. The van der Waals surface area contributed by atoms with Crippen LogP contribution in [0.3, 0.4) is 0 Å². The molecule has 0 saturated carbocycles. The lowest BCUT2D eigenvalue weighted by atomic mass is 9.95. The summed E-state index contributed by atoms with van der Waals surface area (Å²) in [6.07, 6.45) is 3.80. The fraction of sp³-hybridized carbons (Fsp3) is 0.407. The Morgan fingerprint density at radius 3 is 2.21 bits per heavy atom. The van der Waals surface area contributed by atoms with Crippen molar-refractivity contribution in [1.29, 1.82) is 0 Å². The standard InChI is InChI=1S/C27H35ClN3O3/c1-5-14-33-25-11-6-9-22(19(25)2)23-10-7-12-26(20(23)3)34-15-8-13-29-21(17-32)16-24-27(28)31(4)18-30-24/h6-7,9-12,18,21,29,32H,1,5,8,13-17H2,2-4H3/t21-/m1/s1. The zero-order valence-corrected chi connectivity index (χ0v) is 21.1. The van der Waals surface area contributed by atoms with Gasteiger partial charge >= 0.3 is 0 Å². The van der Waals surface area contributed by atoms with E-state index in [1.54, 1.807) is 10.9 Å². The van der Waals surface area contributed by atoms with Gasteiger partial charge in [-0.25, -0.2) is 4.98 Å². The van der Waals surface area contributed by atoms with Gasteiger partial charge in [-0.2, -0.15) is 0 Å². The van der Waals surface area contributed by atoms with Crippen molar-refractivity contribution >= 4 is 11.6 Å². The fourth-order valence-electron chi connectivity index (χ4n) is 3.90. The molecule has 0 aliphatic heterocycles. The molecule has 183 valence electrons. The molecule has 6 nitrogen and oxygen atoms in total. The van der Waals surface area contributed by atoms with Crippen LogP contribution in [0.2, 0.25) is 5.15 Å². The predicted octanol–water partition coefficient (Wildman–Crippen LogP) is 4.92. The number of rotatable bonds is 13. The quantitative estimate of drug-likeness (QED) is 0.337. The monoisotopic (exact) mass is 484 g/mol. The van der Waals surface area contributed by atoms with E-state index in [0.717, 1.165) is 58.8 Å². The number of ether oxygens (including phenoxy) is 2. The summed E-state index contributed by atoms with van der Waals surface area (Å²) < 4.78 is 13.7. The van der Waals surface area contributed by atoms with Gasteiger partial charge in [0.25, 0.3) is 0 Å². The Morgan fingerprint density at radius 2 is 1.68 bits per heavy atom. The van der Waals surface area contributed by atoms with E-state index in [2.05, 4.69) is 43.2 Å². The highest BCUT2D eigenvalue weighted by Crippen LogP contribution is 2.35. The van der Waals surface area contributed by atoms with Crippen LogP contribution in [0.5, 0.6) is 11.5 Å².